The van der Waals surface area contributed by atoms with Gasteiger partial charge in [-0.3, -0.25) is 4.79 Å². The molecule has 0 aliphatic carbocycles. The largest absolute Gasteiger partial charge is 0.492 e. The van der Waals surface area contributed by atoms with Crippen molar-refractivity contribution in [3.05, 3.63) is 29.8 Å². The van der Waals surface area contributed by atoms with Crippen molar-refractivity contribution in [2.24, 2.45) is 5.92 Å². The lowest BCUT2D eigenvalue weighted by atomic mass is 9.86. The third-order valence-electron chi connectivity index (χ3n) is 3.61. The van der Waals surface area contributed by atoms with Crippen LogP contribution in [0.1, 0.15) is 24.3 Å². The Morgan fingerprint density at radius 3 is 2.94 bits per heavy atom. The van der Waals surface area contributed by atoms with Crippen LogP contribution in [0.5, 0.6) is 5.75 Å². The number of ketones is 1. The van der Waals surface area contributed by atoms with Gasteiger partial charge in [0.15, 0.2) is 0 Å². The molecule has 0 aromatic heterocycles. The third-order valence-corrected chi connectivity index (χ3v) is 3.61. The molecular formula is C14H16O3. The van der Waals surface area contributed by atoms with Crippen molar-refractivity contribution in [1.29, 1.82) is 0 Å². The Bertz CT molecular complexity index is 421. The van der Waals surface area contributed by atoms with E-state index in [1.165, 1.54) is 0 Å². The van der Waals surface area contributed by atoms with Crippen LogP contribution >= 0.6 is 0 Å². The SMILES string of the molecule is O=C(C1CCCOC1)C1COc2ccccc21. The molecule has 3 rings (SSSR count). The second-order valence-electron chi connectivity index (χ2n) is 4.72. The molecule has 2 atom stereocenters. The minimum absolute atomic E-state index is 0.0588. The van der Waals surface area contributed by atoms with Gasteiger partial charge in [0.25, 0.3) is 0 Å². The average molecular weight is 232 g/mol. The summed E-state index contributed by atoms with van der Waals surface area (Å²) in [6.45, 7) is 1.87. The van der Waals surface area contributed by atoms with E-state index in [1.807, 2.05) is 24.3 Å². The second-order valence-corrected chi connectivity index (χ2v) is 4.72. The van der Waals surface area contributed by atoms with Crippen molar-refractivity contribution in [2.45, 2.75) is 18.8 Å². The van der Waals surface area contributed by atoms with Crippen LogP contribution in [0.4, 0.5) is 0 Å². The van der Waals surface area contributed by atoms with Crippen LogP contribution in [-0.4, -0.2) is 25.6 Å². The minimum Gasteiger partial charge on any atom is -0.492 e. The lowest BCUT2D eigenvalue weighted by molar-refractivity contribution is -0.128. The number of fused-ring (bicyclic) bond motifs is 1. The summed E-state index contributed by atoms with van der Waals surface area (Å²) in [6, 6.07) is 7.83. The topological polar surface area (TPSA) is 35.5 Å². The van der Waals surface area contributed by atoms with E-state index in [0.717, 1.165) is 30.8 Å². The monoisotopic (exact) mass is 232 g/mol. The lowest BCUT2D eigenvalue weighted by Gasteiger charge is -2.23. The maximum Gasteiger partial charge on any atom is 0.149 e. The van der Waals surface area contributed by atoms with Gasteiger partial charge in [-0.15, -0.1) is 0 Å². The smallest absolute Gasteiger partial charge is 0.149 e. The van der Waals surface area contributed by atoms with Gasteiger partial charge in [-0.1, -0.05) is 18.2 Å². The average Bonchev–Trinajstić information content (AvgIpc) is 2.83. The van der Waals surface area contributed by atoms with E-state index < -0.39 is 0 Å². The van der Waals surface area contributed by atoms with Gasteiger partial charge in [0.05, 0.1) is 12.5 Å². The first-order valence-corrected chi connectivity index (χ1v) is 6.19. The van der Waals surface area contributed by atoms with E-state index >= 15 is 0 Å². The Morgan fingerprint density at radius 2 is 2.12 bits per heavy atom. The lowest BCUT2D eigenvalue weighted by Crippen LogP contribution is -2.30. The van der Waals surface area contributed by atoms with E-state index in [0.29, 0.717) is 13.2 Å². The maximum absolute atomic E-state index is 12.4. The van der Waals surface area contributed by atoms with Crippen LogP contribution in [0.3, 0.4) is 0 Å². The summed E-state index contributed by atoms with van der Waals surface area (Å²) in [6.07, 6.45) is 1.95. The Kier molecular flexibility index (Phi) is 2.85. The van der Waals surface area contributed by atoms with Gasteiger partial charge < -0.3 is 9.47 Å². The van der Waals surface area contributed by atoms with Gasteiger partial charge in [-0.25, -0.2) is 0 Å². The molecule has 2 aliphatic heterocycles. The molecule has 0 radical (unpaired) electrons. The van der Waals surface area contributed by atoms with Crippen molar-refractivity contribution < 1.29 is 14.3 Å². The van der Waals surface area contributed by atoms with E-state index in [1.54, 1.807) is 0 Å². The van der Waals surface area contributed by atoms with Crippen LogP contribution in [-0.2, 0) is 9.53 Å². The third kappa shape index (κ3) is 1.95. The number of carbonyl (C=O) groups is 1. The first kappa shape index (κ1) is 10.8. The first-order valence-electron chi connectivity index (χ1n) is 6.19. The molecule has 0 N–H and O–H groups in total. The summed E-state index contributed by atoms with van der Waals surface area (Å²) in [5.74, 6) is 1.12. The number of rotatable bonds is 2. The van der Waals surface area contributed by atoms with Crippen LogP contribution < -0.4 is 4.74 Å². The summed E-state index contributed by atoms with van der Waals surface area (Å²) < 4.78 is 11.0. The zero-order valence-corrected chi connectivity index (χ0v) is 9.72. The Labute approximate surface area is 101 Å². The van der Waals surface area contributed by atoms with Crippen molar-refractivity contribution in [2.75, 3.05) is 19.8 Å². The van der Waals surface area contributed by atoms with Crippen molar-refractivity contribution in [3.8, 4) is 5.75 Å². The van der Waals surface area contributed by atoms with Crippen LogP contribution in [0, 0.1) is 5.92 Å². The molecule has 1 aromatic carbocycles. The standard InChI is InChI=1S/C14H16O3/c15-14(10-4-3-7-16-8-10)12-9-17-13-6-2-1-5-11(12)13/h1-2,5-6,10,12H,3-4,7-9H2. The Balaban J connectivity index is 1.79. The molecule has 0 spiro atoms. The number of hydrogen-bond acceptors (Lipinski definition) is 3. The molecule has 2 aliphatic rings. The van der Waals surface area contributed by atoms with Gasteiger partial charge in [0, 0.05) is 18.1 Å². The highest BCUT2D eigenvalue weighted by molar-refractivity contribution is 5.89. The second kappa shape index (κ2) is 4.49. The number of hydrogen-bond donors (Lipinski definition) is 0. The summed E-state index contributed by atoms with van der Waals surface area (Å²) in [5.41, 5.74) is 1.04. The molecule has 17 heavy (non-hydrogen) atoms. The fraction of sp³-hybridized carbons (Fsp3) is 0.500. The molecule has 90 valence electrons. The fourth-order valence-electron chi connectivity index (χ4n) is 2.65. The zero-order chi connectivity index (χ0) is 11.7. The first-order chi connectivity index (χ1) is 8.36. The van der Waals surface area contributed by atoms with E-state index in [2.05, 4.69) is 0 Å². The molecule has 0 amide bonds. The predicted octanol–water partition coefficient (Wildman–Crippen LogP) is 2.16. The maximum atomic E-state index is 12.4. The Hall–Kier alpha value is -1.35. The predicted molar refractivity (Wildman–Crippen MR) is 63.2 cm³/mol. The fourth-order valence-corrected chi connectivity index (χ4v) is 2.65. The van der Waals surface area contributed by atoms with Crippen molar-refractivity contribution >= 4 is 5.78 Å². The number of ether oxygens (including phenoxy) is 2. The van der Waals surface area contributed by atoms with Crippen molar-refractivity contribution in [3.63, 3.8) is 0 Å². The highest BCUT2D eigenvalue weighted by Crippen LogP contribution is 2.36. The van der Waals surface area contributed by atoms with Gasteiger partial charge in [0.1, 0.15) is 18.1 Å². The van der Waals surface area contributed by atoms with Crippen molar-refractivity contribution in [1.82, 2.24) is 0 Å². The normalized spacial score (nSPS) is 27.3. The number of Topliss-reactive ketones (excluding diaryl/α,β-unsaturated/α-hetero) is 1. The summed E-state index contributed by atoms with van der Waals surface area (Å²) >= 11 is 0. The summed E-state index contributed by atoms with van der Waals surface area (Å²) in [4.78, 5) is 12.4. The molecule has 3 nitrogen and oxygen atoms in total. The van der Waals surface area contributed by atoms with Gasteiger partial charge >= 0.3 is 0 Å². The molecule has 1 saturated heterocycles. The highest BCUT2D eigenvalue weighted by Gasteiger charge is 2.34. The van der Waals surface area contributed by atoms with Crippen LogP contribution in [0.15, 0.2) is 24.3 Å². The Morgan fingerprint density at radius 1 is 1.24 bits per heavy atom. The van der Waals surface area contributed by atoms with Gasteiger partial charge in [-0.2, -0.15) is 0 Å². The number of carbonyl (C=O) groups excluding carboxylic acids is 1. The molecule has 1 aromatic rings. The molecular weight excluding hydrogens is 216 g/mol. The van der Waals surface area contributed by atoms with E-state index in [9.17, 15) is 4.79 Å². The van der Waals surface area contributed by atoms with E-state index in [-0.39, 0.29) is 17.6 Å². The highest BCUT2D eigenvalue weighted by atomic mass is 16.5. The number of para-hydroxylation sites is 1. The molecule has 2 heterocycles. The van der Waals surface area contributed by atoms with Crippen LogP contribution in [0.2, 0.25) is 0 Å². The molecule has 1 fully saturated rings. The van der Waals surface area contributed by atoms with E-state index in [4.69, 9.17) is 9.47 Å². The quantitative estimate of drug-likeness (QED) is 0.783. The molecule has 2 unspecified atom stereocenters. The molecule has 3 heteroatoms. The minimum atomic E-state index is -0.0853. The zero-order valence-electron chi connectivity index (χ0n) is 9.72. The number of benzene rings is 1. The van der Waals surface area contributed by atoms with Crippen LogP contribution in [0.25, 0.3) is 0 Å². The summed E-state index contributed by atoms with van der Waals surface area (Å²) in [5, 5.41) is 0. The molecule has 0 saturated carbocycles. The van der Waals surface area contributed by atoms with Gasteiger partial charge in [0.2, 0.25) is 0 Å². The summed E-state index contributed by atoms with van der Waals surface area (Å²) in [7, 11) is 0. The molecule has 0 bridgehead atoms. The van der Waals surface area contributed by atoms with Gasteiger partial charge in [-0.05, 0) is 18.9 Å².